The lowest BCUT2D eigenvalue weighted by molar-refractivity contribution is 0.0730. The Balaban J connectivity index is 1.61. The smallest absolute Gasteiger partial charge is 0.346 e. The van der Waals surface area contributed by atoms with Crippen molar-refractivity contribution in [2.45, 2.75) is 0 Å². The average Bonchev–Trinajstić information content (AvgIpc) is 2.82. The summed E-state index contributed by atoms with van der Waals surface area (Å²) in [5.41, 5.74) is -0.822. The number of methoxy groups -OCH3 is 1. The van der Waals surface area contributed by atoms with Crippen LogP contribution in [-0.4, -0.2) is 13.1 Å². The standard InChI is InChI=1S/C26H15FO7/c1-31-21-8-4-5-14-11-19(26(30)34-24(14)21)18-13-23(28)33-22-12-15(9-10-16(18)22)32-25(29)17-6-2-3-7-20(17)27/h2-13H,1H3. The molecule has 0 spiro atoms. The lowest BCUT2D eigenvalue weighted by Crippen LogP contribution is -2.10. The van der Waals surface area contributed by atoms with E-state index in [1.807, 2.05) is 0 Å². The third kappa shape index (κ3) is 3.71. The first-order valence-corrected chi connectivity index (χ1v) is 10.1. The third-order valence-electron chi connectivity index (χ3n) is 5.25. The van der Waals surface area contributed by atoms with E-state index < -0.39 is 23.0 Å². The van der Waals surface area contributed by atoms with Crippen LogP contribution in [0.1, 0.15) is 10.4 Å². The van der Waals surface area contributed by atoms with Gasteiger partial charge in [-0.15, -0.1) is 0 Å². The van der Waals surface area contributed by atoms with Crippen molar-refractivity contribution in [1.29, 1.82) is 0 Å². The van der Waals surface area contributed by atoms with E-state index >= 15 is 0 Å². The summed E-state index contributed by atoms with van der Waals surface area (Å²) >= 11 is 0. The largest absolute Gasteiger partial charge is 0.493 e. The molecule has 0 unspecified atom stereocenters. The molecule has 0 fully saturated rings. The average molecular weight is 458 g/mol. The van der Waals surface area contributed by atoms with Gasteiger partial charge in [-0.1, -0.05) is 24.3 Å². The molecule has 5 aromatic rings. The molecule has 5 rings (SSSR count). The van der Waals surface area contributed by atoms with Gasteiger partial charge in [-0.05, 0) is 36.4 Å². The number of para-hydroxylation sites is 1. The van der Waals surface area contributed by atoms with Gasteiger partial charge >= 0.3 is 17.2 Å². The first kappa shape index (κ1) is 21.1. The van der Waals surface area contributed by atoms with E-state index in [0.717, 1.165) is 6.07 Å². The second-order valence-electron chi connectivity index (χ2n) is 7.33. The number of ether oxygens (including phenoxy) is 2. The van der Waals surface area contributed by atoms with E-state index in [-0.39, 0.29) is 33.6 Å². The Bertz CT molecular complexity index is 1700. The van der Waals surface area contributed by atoms with Gasteiger partial charge in [0.2, 0.25) is 0 Å². The quantitative estimate of drug-likeness (QED) is 0.214. The number of carbonyl (C=O) groups excluding carboxylic acids is 1. The summed E-state index contributed by atoms with van der Waals surface area (Å²) in [6, 6.07) is 17.7. The van der Waals surface area contributed by atoms with Crippen molar-refractivity contribution in [3.8, 4) is 22.6 Å². The fourth-order valence-corrected chi connectivity index (χ4v) is 3.68. The van der Waals surface area contributed by atoms with Gasteiger partial charge < -0.3 is 18.3 Å². The van der Waals surface area contributed by atoms with Crippen molar-refractivity contribution in [2.75, 3.05) is 7.11 Å². The number of fused-ring (bicyclic) bond motifs is 2. The summed E-state index contributed by atoms with van der Waals surface area (Å²) in [6.45, 7) is 0. The van der Waals surface area contributed by atoms with Crippen LogP contribution in [0, 0.1) is 5.82 Å². The van der Waals surface area contributed by atoms with Gasteiger partial charge in [0.25, 0.3) is 0 Å². The summed E-state index contributed by atoms with van der Waals surface area (Å²) in [7, 11) is 1.47. The van der Waals surface area contributed by atoms with Gasteiger partial charge in [-0.3, -0.25) is 0 Å². The van der Waals surface area contributed by atoms with Gasteiger partial charge in [0.15, 0.2) is 11.3 Å². The Morgan fingerprint density at radius 3 is 2.50 bits per heavy atom. The van der Waals surface area contributed by atoms with Crippen LogP contribution in [0.15, 0.2) is 91.2 Å². The molecule has 0 aliphatic rings. The van der Waals surface area contributed by atoms with Gasteiger partial charge in [0.05, 0.1) is 18.2 Å². The van der Waals surface area contributed by atoms with Crippen LogP contribution in [0.3, 0.4) is 0 Å². The molecule has 0 saturated carbocycles. The number of benzene rings is 3. The van der Waals surface area contributed by atoms with E-state index in [0.29, 0.717) is 16.5 Å². The lowest BCUT2D eigenvalue weighted by atomic mass is 10.0. The molecule has 8 heteroatoms. The molecule has 2 aromatic heterocycles. The van der Waals surface area contributed by atoms with Crippen molar-refractivity contribution in [3.05, 3.63) is 105 Å². The molecule has 0 atom stereocenters. The lowest BCUT2D eigenvalue weighted by Gasteiger charge is -2.09. The zero-order valence-corrected chi connectivity index (χ0v) is 17.7. The van der Waals surface area contributed by atoms with Crippen LogP contribution in [0.25, 0.3) is 33.1 Å². The number of halogens is 1. The second-order valence-corrected chi connectivity index (χ2v) is 7.33. The number of carbonyl (C=O) groups is 1. The molecule has 34 heavy (non-hydrogen) atoms. The predicted octanol–water partition coefficient (Wildman–Crippen LogP) is 4.93. The summed E-state index contributed by atoms with van der Waals surface area (Å²) in [4.78, 5) is 37.4. The molecule has 0 aliphatic carbocycles. The summed E-state index contributed by atoms with van der Waals surface area (Å²) in [5.74, 6) is -1.18. The molecule has 0 N–H and O–H groups in total. The molecule has 0 saturated heterocycles. The molecule has 3 aromatic carbocycles. The highest BCUT2D eigenvalue weighted by molar-refractivity contribution is 5.97. The van der Waals surface area contributed by atoms with Gasteiger partial charge in [0, 0.05) is 28.5 Å². The predicted molar refractivity (Wildman–Crippen MR) is 122 cm³/mol. The Morgan fingerprint density at radius 1 is 0.882 bits per heavy atom. The molecule has 0 radical (unpaired) electrons. The second kappa shape index (κ2) is 8.32. The maximum absolute atomic E-state index is 13.9. The van der Waals surface area contributed by atoms with Crippen molar-refractivity contribution in [1.82, 2.24) is 0 Å². The Hall–Kier alpha value is -4.72. The highest BCUT2D eigenvalue weighted by Gasteiger charge is 2.17. The Morgan fingerprint density at radius 2 is 1.71 bits per heavy atom. The van der Waals surface area contributed by atoms with E-state index in [1.54, 1.807) is 24.3 Å². The molecule has 0 bridgehead atoms. The number of rotatable bonds is 4. The van der Waals surface area contributed by atoms with Gasteiger partial charge in [-0.25, -0.2) is 18.8 Å². The zero-order valence-electron chi connectivity index (χ0n) is 17.7. The molecule has 168 valence electrons. The SMILES string of the molecule is COc1cccc2cc(-c3cc(=O)oc4cc(OC(=O)c5ccccc5F)ccc34)c(=O)oc12. The first-order valence-electron chi connectivity index (χ1n) is 10.1. The number of hydrogen-bond acceptors (Lipinski definition) is 7. The first-order chi connectivity index (χ1) is 16.4. The molecule has 0 amide bonds. The van der Waals surface area contributed by atoms with Gasteiger partial charge in [-0.2, -0.15) is 0 Å². The minimum absolute atomic E-state index is 0.0383. The summed E-state index contributed by atoms with van der Waals surface area (Å²) < 4.78 is 35.1. The topological polar surface area (TPSA) is 96.0 Å². The fraction of sp³-hybridized carbons (Fsp3) is 0.0385. The highest BCUT2D eigenvalue weighted by atomic mass is 19.1. The maximum Gasteiger partial charge on any atom is 0.346 e. The summed E-state index contributed by atoms with van der Waals surface area (Å²) in [6.07, 6.45) is 0. The summed E-state index contributed by atoms with van der Waals surface area (Å²) in [5, 5.41) is 1.02. The molecular weight excluding hydrogens is 443 g/mol. The van der Waals surface area contributed by atoms with Crippen LogP contribution in [-0.2, 0) is 0 Å². The fourth-order valence-electron chi connectivity index (χ4n) is 3.68. The van der Waals surface area contributed by atoms with Crippen LogP contribution >= 0.6 is 0 Å². The van der Waals surface area contributed by atoms with E-state index in [9.17, 15) is 18.8 Å². The third-order valence-corrected chi connectivity index (χ3v) is 5.25. The normalized spacial score (nSPS) is 11.0. The zero-order chi connectivity index (χ0) is 23.8. The van der Waals surface area contributed by atoms with Crippen LogP contribution < -0.4 is 20.7 Å². The van der Waals surface area contributed by atoms with Crippen molar-refractivity contribution >= 4 is 27.9 Å². The minimum atomic E-state index is -0.903. The number of esters is 1. The number of hydrogen-bond donors (Lipinski definition) is 0. The highest BCUT2D eigenvalue weighted by Crippen LogP contribution is 2.32. The monoisotopic (exact) mass is 458 g/mol. The molecule has 7 nitrogen and oxygen atoms in total. The van der Waals surface area contributed by atoms with Crippen molar-refractivity contribution in [3.63, 3.8) is 0 Å². The Labute approximate surface area is 190 Å². The molecule has 0 aliphatic heterocycles. The molecular formula is C26H15FO7. The van der Waals surface area contributed by atoms with Crippen molar-refractivity contribution in [2.24, 2.45) is 0 Å². The van der Waals surface area contributed by atoms with Gasteiger partial charge in [0.1, 0.15) is 17.1 Å². The minimum Gasteiger partial charge on any atom is -0.493 e. The van der Waals surface area contributed by atoms with E-state index in [1.165, 1.54) is 49.6 Å². The van der Waals surface area contributed by atoms with E-state index in [4.69, 9.17) is 18.3 Å². The van der Waals surface area contributed by atoms with Crippen LogP contribution in [0.5, 0.6) is 11.5 Å². The maximum atomic E-state index is 13.9. The van der Waals surface area contributed by atoms with Crippen molar-refractivity contribution < 1.29 is 27.5 Å². The Kier molecular flexibility index (Phi) is 5.18. The van der Waals surface area contributed by atoms with E-state index in [2.05, 4.69) is 0 Å². The molecule has 2 heterocycles. The van der Waals surface area contributed by atoms with Crippen LogP contribution in [0.2, 0.25) is 0 Å². The van der Waals surface area contributed by atoms with Crippen LogP contribution in [0.4, 0.5) is 4.39 Å².